The van der Waals surface area contributed by atoms with E-state index in [4.69, 9.17) is 17.3 Å². The molecule has 1 amide bonds. The summed E-state index contributed by atoms with van der Waals surface area (Å²) in [5.74, 6) is -0.977. The van der Waals surface area contributed by atoms with Crippen molar-refractivity contribution in [1.82, 2.24) is 29.5 Å². The summed E-state index contributed by atoms with van der Waals surface area (Å²) in [6.07, 6.45) is 3.05. The topological polar surface area (TPSA) is 168 Å². The Labute approximate surface area is 224 Å². The van der Waals surface area contributed by atoms with Gasteiger partial charge < -0.3 is 16.2 Å². The van der Waals surface area contributed by atoms with Crippen LogP contribution < -0.4 is 11.1 Å². The van der Waals surface area contributed by atoms with Gasteiger partial charge in [0.15, 0.2) is 11.5 Å². The highest BCUT2D eigenvalue weighted by atomic mass is 35.5. The number of nitrogen functional groups attached to an aromatic ring is 1. The SMILES string of the molecule is C[C@]1(c2cc(O)c(C#N)c(Cl)c2)C(=O)Nc2nc(-c3cn4ncnc4c(Cc4ccccc4F)n3)nc(N)c21. The van der Waals surface area contributed by atoms with Gasteiger partial charge in [0, 0.05) is 6.42 Å². The van der Waals surface area contributed by atoms with E-state index in [0.29, 0.717) is 22.5 Å². The van der Waals surface area contributed by atoms with Crippen LogP contribution in [0.25, 0.3) is 17.2 Å². The van der Waals surface area contributed by atoms with Gasteiger partial charge >= 0.3 is 0 Å². The van der Waals surface area contributed by atoms with Crippen molar-refractivity contribution >= 4 is 34.8 Å². The first-order valence-corrected chi connectivity index (χ1v) is 11.9. The third-order valence-electron chi connectivity index (χ3n) is 6.76. The van der Waals surface area contributed by atoms with Gasteiger partial charge in [-0.2, -0.15) is 10.4 Å². The molecule has 0 unspecified atom stereocenters. The maximum Gasteiger partial charge on any atom is 0.240 e. The molecule has 11 nitrogen and oxygen atoms in total. The lowest BCUT2D eigenvalue weighted by Gasteiger charge is -2.24. The number of hydrogen-bond acceptors (Lipinski definition) is 9. The summed E-state index contributed by atoms with van der Waals surface area (Å²) in [7, 11) is 0. The molecular weight excluding hydrogens is 525 g/mol. The van der Waals surface area contributed by atoms with Crippen LogP contribution in [0.1, 0.15) is 34.9 Å². The fourth-order valence-electron chi connectivity index (χ4n) is 4.73. The number of carbonyl (C=O) groups is 1. The van der Waals surface area contributed by atoms with Crippen molar-refractivity contribution in [2.24, 2.45) is 0 Å². The Bertz CT molecular complexity index is 1860. The molecule has 3 aromatic heterocycles. The summed E-state index contributed by atoms with van der Waals surface area (Å²) in [5.41, 5.74) is 7.03. The van der Waals surface area contributed by atoms with Crippen molar-refractivity contribution in [3.63, 3.8) is 0 Å². The number of nitriles is 1. The lowest BCUT2D eigenvalue weighted by molar-refractivity contribution is -0.119. The monoisotopic (exact) mass is 541 g/mol. The standard InChI is InChI=1S/C26H17ClFN9O2/c1-26(13-7-15(27)14(9-29)19(38)8-13)20-21(30)34-22(35-23(20)36-25(26)39)18-10-37-24(31-11-32-37)17(33-18)6-12-4-2-3-5-16(12)28/h2-5,7-8,10-11,38H,6H2,1H3,(H3,30,34,35,36,39)/t26-/m1/s1. The van der Waals surface area contributed by atoms with E-state index in [0.717, 1.165) is 0 Å². The zero-order chi connectivity index (χ0) is 27.5. The molecule has 6 rings (SSSR count). The first-order chi connectivity index (χ1) is 18.7. The summed E-state index contributed by atoms with van der Waals surface area (Å²) >= 11 is 6.19. The molecule has 0 bridgehead atoms. The molecule has 1 atom stereocenters. The number of amides is 1. The Balaban J connectivity index is 1.47. The van der Waals surface area contributed by atoms with E-state index in [2.05, 4.69) is 30.4 Å². The molecule has 0 spiro atoms. The molecule has 192 valence electrons. The highest BCUT2D eigenvalue weighted by Crippen LogP contribution is 2.46. The molecule has 0 saturated carbocycles. The number of rotatable bonds is 4. The number of carbonyl (C=O) groups excluding carboxylic acids is 1. The first-order valence-electron chi connectivity index (χ1n) is 11.6. The van der Waals surface area contributed by atoms with Gasteiger partial charge in [-0.05, 0) is 36.2 Å². The summed E-state index contributed by atoms with van der Waals surface area (Å²) in [6.45, 7) is 1.59. The van der Waals surface area contributed by atoms with Gasteiger partial charge in [0.2, 0.25) is 5.91 Å². The van der Waals surface area contributed by atoms with Crippen LogP contribution in [-0.2, 0) is 16.6 Å². The quantitative estimate of drug-likeness (QED) is 0.309. The molecule has 0 aliphatic carbocycles. The lowest BCUT2D eigenvalue weighted by atomic mass is 9.77. The first kappa shape index (κ1) is 24.2. The van der Waals surface area contributed by atoms with Gasteiger partial charge in [-0.3, -0.25) is 4.79 Å². The molecule has 4 heterocycles. The molecular formula is C26H17ClFN9O2. The van der Waals surface area contributed by atoms with Crippen molar-refractivity contribution in [3.05, 3.63) is 87.7 Å². The second-order valence-electron chi connectivity index (χ2n) is 9.07. The highest BCUT2D eigenvalue weighted by molar-refractivity contribution is 6.32. The van der Waals surface area contributed by atoms with Gasteiger partial charge in [-0.1, -0.05) is 29.8 Å². The fourth-order valence-corrected chi connectivity index (χ4v) is 4.99. The van der Waals surface area contributed by atoms with E-state index in [9.17, 15) is 19.6 Å². The van der Waals surface area contributed by atoms with Crippen molar-refractivity contribution in [2.45, 2.75) is 18.8 Å². The maximum atomic E-state index is 14.4. The molecule has 5 aromatic rings. The number of hydrogen-bond donors (Lipinski definition) is 3. The molecule has 0 radical (unpaired) electrons. The minimum Gasteiger partial charge on any atom is -0.507 e. The molecule has 0 fully saturated rings. The van der Waals surface area contributed by atoms with E-state index in [1.165, 1.54) is 29.0 Å². The molecule has 1 aliphatic heterocycles. The van der Waals surface area contributed by atoms with Gasteiger partial charge in [0.05, 0.1) is 22.5 Å². The number of nitrogens with two attached hydrogens (primary N) is 1. The van der Waals surface area contributed by atoms with Crippen LogP contribution in [0.4, 0.5) is 16.0 Å². The summed E-state index contributed by atoms with van der Waals surface area (Å²) in [4.78, 5) is 31.1. The summed E-state index contributed by atoms with van der Waals surface area (Å²) in [5, 5.41) is 26.4. The summed E-state index contributed by atoms with van der Waals surface area (Å²) < 4.78 is 15.9. The Kier molecular flexibility index (Phi) is 5.41. The summed E-state index contributed by atoms with van der Waals surface area (Å²) in [6, 6.07) is 10.9. The van der Waals surface area contributed by atoms with E-state index in [1.54, 1.807) is 31.3 Å². The third kappa shape index (κ3) is 3.71. The molecule has 4 N–H and O–H groups in total. The third-order valence-corrected chi connectivity index (χ3v) is 7.06. The number of anilines is 2. The highest BCUT2D eigenvalue weighted by Gasteiger charge is 2.48. The van der Waals surface area contributed by atoms with Gasteiger partial charge in [0.25, 0.3) is 0 Å². The van der Waals surface area contributed by atoms with Crippen molar-refractivity contribution in [1.29, 1.82) is 5.26 Å². The van der Waals surface area contributed by atoms with Crippen LogP contribution >= 0.6 is 11.6 Å². The Morgan fingerprint density at radius 1 is 1.26 bits per heavy atom. The number of nitrogens with one attached hydrogen (secondary N) is 1. The predicted molar refractivity (Wildman–Crippen MR) is 138 cm³/mol. The number of aromatic hydroxyl groups is 1. The lowest BCUT2D eigenvalue weighted by Crippen LogP contribution is -2.33. The van der Waals surface area contributed by atoms with Crippen LogP contribution in [0.2, 0.25) is 5.02 Å². The zero-order valence-electron chi connectivity index (χ0n) is 20.1. The number of benzene rings is 2. The largest absolute Gasteiger partial charge is 0.507 e. The smallest absolute Gasteiger partial charge is 0.240 e. The van der Waals surface area contributed by atoms with Crippen LogP contribution in [-0.4, -0.2) is 40.6 Å². The van der Waals surface area contributed by atoms with E-state index < -0.39 is 11.3 Å². The normalized spacial score (nSPS) is 16.2. The van der Waals surface area contributed by atoms with E-state index >= 15 is 0 Å². The minimum absolute atomic E-state index is 0.00744. The van der Waals surface area contributed by atoms with E-state index in [1.807, 2.05) is 6.07 Å². The molecule has 13 heteroatoms. The Morgan fingerprint density at radius 3 is 2.79 bits per heavy atom. The number of nitrogens with zero attached hydrogens (tertiary/aromatic N) is 7. The average molecular weight is 542 g/mol. The second kappa shape index (κ2) is 8.71. The predicted octanol–water partition coefficient (Wildman–Crippen LogP) is 3.38. The Morgan fingerprint density at radius 2 is 2.05 bits per heavy atom. The van der Waals surface area contributed by atoms with E-state index in [-0.39, 0.29) is 57.3 Å². The van der Waals surface area contributed by atoms with Crippen LogP contribution in [0.15, 0.2) is 48.9 Å². The van der Waals surface area contributed by atoms with Crippen LogP contribution in [0.3, 0.4) is 0 Å². The molecule has 1 aliphatic rings. The number of halogens is 2. The Hall–Kier alpha value is -5.15. The van der Waals surface area contributed by atoms with Crippen LogP contribution in [0, 0.1) is 17.1 Å². The second-order valence-corrected chi connectivity index (χ2v) is 9.48. The number of aromatic nitrogens is 6. The maximum absolute atomic E-state index is 14.4. The van der Waals surface area contributed by atoms with Crippen molar-refractivity contribution in [2.75, 3.05) is 11.1 Å². The minimum atomic E-state index is -1.41. The number of phenols is 1. The molecule has 39 heavy (non-hydrogen) atoms. The molecule has 2 aromatic carbocycles. The number of fused-ring (bicyclic) bond motifs is 2. The van der Waals surface area contributed by atoms with Gasteiger partial charge in [0.1, 0.15) is 52.3 Å². The average Bonchev–Trinajstić information content (AvgIpc) is 3.48. The fraction of sp³-hybridized carbons (Fsp3) is 0.115. The van der Waals surface area contributed by atoms with Gasteiger partial charge in [-0.25, -0.2) is 28.8 Å². The van der Waals surface area contributed by atoms with Crippen molar-refractivity contribution in [3.8, 4) is 23.3 Å². The van der Waals surface area contributed by atoms with Crippen molar-refractivity contribution < 1.29 is 14.3 Å². The number of phenolic OH excluding ortho intramolecular Hbond substituents is 1. The van der Waals surface area contributed by atoms with Gasteiger partial charge in [-0.15, -0.1) is 0 Å². The molecule has 0 saturated heterocycles. The zero-order valence-corrected chi connectivity index (χ0v) is 20.9. The van der Waals surface area contributed by atoms with Crippen LogP contribution in [0.5, 0.6) is 5.75 Å².